The number of halogens is 5. The molecule has 1 amide bonds. The molecule has 0 fully saturated rings. The first-order valence-corrected chi connectivity index (χ1v) is 11.1. The second-order valence-corrected chi connectivity index (χ2v) is 9.11. The van der Waals surface area contributed by atoms with Crippen molar-refractivity contribution in [3.05, 3.63) is 99.5 Å². The number of alkyl halides is 3. The van der Waals surface area contributed by atoms with Gasteiger partial charge in [-0.05, 0) is 66.6 Å². The largest absolute Gasteiger partial charge is 0.416 e. The van der Waals surface area contributed by atoms with E-state index < -0.39 is 17.2 Å². The van der Waals surface area contributed by atoms with Gasteiger partial charge in [0.1, 0.15) is 6.54 Å². The van der Waals surface area contributed by atoms with Crippen molar-refractivity contribution in [1.82, 2.24) is 5.01 Å². The number of carbonyl (C=O) groups is 1. The molecule has 1 unspecified atom stereocenters. The highest BCUT2D eigenvalue weighted by atomic mass is 35.5. The molecular weight excluding hydrogens is 486 g/mol. The van der Waals surface area contributed by atoms with Gasteiger partial charge in [-0.15, -0.1) is 0 Å². The third-order valence-corrected chi connectivity index (χ3v) is 6.19. The van der Waals surface area contributed by atoms with Crippen LogP contribution in [0.25, 0.3) is 0 Å². The average molecular weight is 506 g/mol. The van der Waals surface area contributed by atoms with E-state index in [1.807, 2.05) is 43.3 Å². The Kier molecular flexibility index (Phi) is 6.60. The van der Waals surface area contributed by atoms with Gasteiger partial charge >= 0.3 is 6.18 Å². The molecular formula is C25H20Cl2F3N3O. The van der Waals surface area contributed by atoms with E-state index in [0.717, 1.165) is 29.0 Å². The van der Waals surface area contributed by atoms with Crippen molar-refractivity contribution >= 4 is 40.5 Å². The first kappa shape index (κ1) is 24.1. The number of hydrogen-bond acceptors (Lipinski definition) is 3. The molecule has 1 atom stereocenters. The Morgan fingerprint density at radius 1 is 0.971 bits per heavy atom. The molecule has 0 saturated heterocycles. The van der Waals surface area contributed by atoms with E-state index in [-0.39, 0.29) is 18.1 Å². The van der Waals surface area contributed by atoms with Gasteiger partial charge in [-0.25, -0.2) is 0 Å². The molecule has 0 bridgehead atoms. The predicted octanol–water partition coefficient (Wildman–Crippen LogP) is 6.63. The van der Waals surface area contributed by atoms with Gasteiger partial charge in [-0.3, -0.25) is 9.80 Å². The maximum atomic E-state index is 12.8. The van der Waals surface area contributed by atoms with Crippen LogP contribution in [0.3, 0.4) is 0 Å². The predicted molar refractivity (Wildman–Crippen MR) is 128 cm³/mol. The minimum atomic E-state index is -4.43. The van der Waals surface area contributed by atoms with Crippen LogP contribution < -0.4 is 5.32 Å². The summed E-state index contributed by atoms with van der Waals surface area (Å²) in [6, 6.07) is 19.1. The van der Waals surface area contributed by atoms with Gasteiger partial charge in [0.15, 0.2) is 0 Å². The van der Waals surface area contributed by atoms with Gasteiger partial charge in [0, 0.05) is 15.7 Å². The van der Waals surface area contributed by atoms with Crippen molar-refractivity contribution in [2.75, 3.05) is 18.4 Å². The maximum Gasteiger partial charge on any atom is 0.416 e. The van der Waals surface area contributed by atoms with Gasteiger partial charge in [-0.2, -0.15) is 18.3 Å². The SMILES string of the molecule is CC1(c2ccc(Cl)cc2)CN(CC(=O)Nc2ccc(C(F)(F)F)cc2)N=C1c1ccc(Cl)cc1. The molecule has 9 heteroatoms. The second kappa shape index (κ2) is 9.31. The minimum absolute atomic E-state index is 0.0682. The first-order chi connectivity index (χ1) is 16.0. The Hall–Kier alpha value is -3.03. The number of amides is 1. The Morgan fingerprint density at radius 2 is 1.53 bits per heavy atom. The average Bonchev–Trinajstić information content (AvgIpc) is 3.11. The number of carbonyl (C=O) groups excluding carboxylic acids is 1. The smallest absolute Gasteiger partial charge is 0.324 e. The summed E-state index contributed by atoms with van der Waals surface area (Å²) in [5, 5.41) is 10.2. The summed E-state index contributed by atoms with van der Waals surface area (Å²) in [6.07, 6.45) is -4.43. The number of hydrazone groups is 1. The van der Waals surface area contributed by atoms with Crippen molar-refractivity contribution < 1.29 is 18.0 Å². The van der Waals surface area contributed by atoms with Gasteiger partial charge < -0.3 is 5.32 Å². The molecule has 4 rings (SSSR count). The van der Waals surface area contributed by atoms with Gasteiger partial charge in [-0.1, -0.05) is 47.5 Å². The monoisotopic (exact) mass is 505 g/mol. The van der Waals surface area contributed by atoms with Crippen LogP contribution in [0, 0.1) is 0 Å². The summed E-state index contributed by atoms with van der Waals surface area (Å²) < 4.78 is 38.3. The Balaban J connectivity index is 1.55. The molecule has 1 aliphatic rings. The van der Waals surface area contributed by atoms with Crippen molar-refractivity contribution in [1.29, 1.82) is 0 Å². The summed E-state index contributed by atoms with van der Waals surface area (Å²) in [5.41, 5.74) is 1.59. The lowest BCUT2D eigenvalue weighted by Gasteiger charge is -2.27. The van der Waals surface area contributed by atoms with E-state index in [2.05, 4.69) is 5.32 Å². The Bertz CT molecular complexity index is 1210. The topological polar surface area (TPSA) is 44.7 Å². The van der Waals surface area contributed by atoms with E-state index >= 15 is 0 Å². The standard InChI is InChI=1S/C25H20Cl2F3N3O/c1-24(17-4-10-20(27)11-5-17)15-33(32-23(24)16-2-8-19(26)9-3-16)14-22(34)31-21-12-6-18(7-13-21)25(28,29)30/h2-13H,14-15H2,1H3,(H,31,34). The molecule has 1 aliphatic heterocycles. The van der Waals surface area contributed by atoms with Gasteiger partial charge in [0.25, 0.3) is 0 Å². The molecule has 0 aromatic heterocycles. The van der Waals surface area contributed by atoms with Crippen molar-refractivity contribution in [3.8, 4) is 0 Å². The number of anilines is 1. The van der Waals surface area contributed by atoms with Crippen molar-refractivity contribution in [3.63, 3.8) is 0 Å². The summed E-state index contributed by atoms with van der Waals surface area (Å²) in [7, 11) is 0. The lowest BCUT2D eigenvalue weighted by molar-refractivity contribution is -0.137. The molecule has 3 aromatic carbocycles. The Labute approximate surface area is 205 Å². The second-order valence-electron chi connectivity index (χ2n) is 8.24. The number of nitrogens with one attached hydrogen (secondary N) is 1. The fraction of sp³-hybridized carbons (Fsp3) is 0.200. The summed E-state index contributed by atoms with van der Waals surface area (Å²) >= 11 is 12.1. The number of hydrogen-bond donors (Lipinski definition) is 1. The van der Waals surface area contributed by atoms with Crippen LogP contribution in [0.4, 0.5) is 18.9 Å². The molecule has 4 nitrogen and oxygen atoms in total. The fourth-order valence-electron chi connectivity index (χ4n) is 3.96. The van der Waals surface area contributed by atoms with Crippen molar-refractivity contribution in [2.24, 2.45) is 5.10 Å². The molecule has 0 saturated carbocycles. The van der Waals surface area contributed by atoms with Crippen molar-refractivity contribution in [2.45, 2.75) is 18.5 Å². The van der Waals surface area contributed by atoms with E-state index in [0.29, 0.717) is 16.6 Å². The minimum Gasteiger partial charge on any atom is -0.324 e. The van der Waals surface area contributed by atoms with Crippen LogP contribution >= 0.6 is 23.2 Å². The highest BCUT2D eigenvalue weighted by molar-refractivity contribution is 6.31. The van der Waals surface area contributed by atoms with E-state index in [1.54, 1.807) is 17.1 Å². The normalized spacial score (nSPS) is 18.1. The lowest BCUT2D eigenvalue weighted by atomic mass is 9.76. The third kappa shape index (κ3) is 5.21. The molecule has 1 N–H and O–H groups in total. The highest BCUT2D eigenvalue weighted by Crippen LogP contribution is 2.36. The van der Waals surface area contributed by atoms with E-state index in [9.17, 15) is 18.0 Å². The zero-order valence-corrected chi connectivity index (χ0v) is 19.5. The highest BCUT2D eigenvalue weighted by Gasteiger charge is 2.41. The van der Waals surface area contributed by atoms with Crippen LogP contribution in [0.1, 0.15) is 23.6 Å². The molecule has 0 radical (unpaired) electrons. The number of benzene rings is 3. The zero-order chi connectivity index (χ0) is 24.5. The molecule has 0 spiro atoms. The van der Waals surface area contributed by atoms with E-state index in [4.69, 9.17) is 28.3 Å². The van der Waals surface area contributed by atoms with E-state index in [1.165, 1.54) is 12.1 Å². The molecule has 176 valence electrons. The van der Waals surface area contributed by atoms with Gasteiger partial charge in [0.2, 0.25) is 5.91 Å². The molecule has 3 aromatic rings. The third-order valence-electron chi connectivity index (χ3n) is 5.68. The molecule has 1 heterocycles. The summed E-state index contributed by atoms with van der Waals surface area (Å²) in [4.78, 5) is 12.7. The van der Waals surface area contributed by atoms with Crippen LogP contribution in [-0.2, 0) is 16.4 Å². The fourth-order valence-corrected chi connectivity index (χ4v) is 4.21. The zero-order valence-electron chi connectivity index (χ0n) is 18.0. The van der Waals surface area contributed by atoms with Crippen LogP contribution in [0.5, 0.6) is 0 Å². The summed E-state index contributed by atoms with van der Waals surface area (Å²) in [5.74, 6) is -0.390. The lowest BCUT2D eigenvalue weighted by Crippen LogP contribution is -2.38. The Morgan fingerprint density at radius 3 is 2.09 bits per heavy atom. The van der Waals surface area contributed by atoms with Gasteiger partial charge in [0.05, 0.1) is 23.2 Å². The quantitative estimate of drug-likeness (QED) is 0.422. The summed E-state index contributed by atoms with van der Waals surface area (Å²) in [6.45, 7) is 2.39. The first-order valence-electron chi connectivity index (χ1n) is 10.4. The maximum absolute atomic E-state index is 12.8. The van der Waals surface area contributed by atoms with Crippen LogP contribution in [0.2, 0.25) is 10.0 Å². The molecule has 0 aliphatic carbocycles. The molecule has 34 heavy (non-hydrogen) atoms. The van der Waals surface area contributed by atoms with Crippen LogP contribution in [-0.4, -0.2) is 29.7 Å². The van der Waals surface area contributed by atoms with Crippen LogP contribution in [0.15, 0.2) is 77.9 Å². The number of rotatable bonds is 5. The number of nitrogens with zero attached hydrogens (tertiary/aromatic N) is 2.